The van der Waals surface area contributed by atoms with Gasteiger partial charge in [0.1, 0.15) is 0 Å². The van der Waals surface area contributed by atoms with Crippen molar-refractivity contribution in [3.05, 3.63) is 11.7 Å². The van der Waals surface area contributed by atoms with Crippen LogP contribution in [0.15, 0.2) is 4.52 Å². The predicted octanol–water partition coefficient (Wildman–Crippen LogP) is 3.34. The second kappa shape index (κ2) is 4.65. The number of nitrogens with two attached hydrogens (primary N) is 1. The molecule has 4 nitrogen and oxygen atoms in total. The molecule has 1 unspecified atom stereocenters. The molecule has 0 bridgehead atoms. The van der Waals surface area contributed by atoms with Gasteiger partial charge in [0.2, 0.25) is 5.89 Å². The monoisotopic (exact) mass is 251 g/mol. The minimum absolute atomic E-state index is 0.263. The maximum atomic E-state index is 6.31. The molecule has 0 amide bonds. The van der Waals surface area contributed by atoms with Crippen LogP contribution in [0.2, 0.25) is 0 Å². The smallest absolute Gasteiger partial charge is 0.230 e. The van der Waals surface area contributed by atoms with E-state index in [-0.39, 0.29) is 5.41 Å². The standard InChI is InChI=1S/C14H25N3O/c1-5-14(15,6-2)12-16-11(18-17-12)10-8-7-9-13(10,3)4/h10H,5-9,15H2,1-4H3. The summed E-state index contributed by atoms with van der Waals surface area (Å²) >= 11 is 0. The Bertz CT molecular complexity index is 407. The summed E-state index contributed by atoms with van der Waals surface area (Å²) in [6.45, 7) is 8.70. The van der Waals surface area contributed by atoms with Crippen molar-refractivity contribution in [1.29, 1.82) is 0 Å². The average molecular weight is 251 g/mol. The van der Waals surface area contributed by atoms with Crippen molar-refractivity contribution in [2.75, 3.05) is 0 Å². The molecule has 18 heavy (non-hydrogen) atoms. The molecule has 1 saturated carbocycles. The first-order valence-corrected chi connectivity index (χ1v) is 7.06. The van der Waals surface area contributed by atoms with Gasteiger partial charge < -0.3 is 10.3 Å². The molecule has 0 aromatic carbocycles. The highest BCUT2D eigenvalue weighted by Crippen LogP contribution is 2.48. The molecular formula is C14H25N3O. The van der Waals surface area contributed by atoms with E-state index in [4.69, 9.17) is 10.3 Å². The van der Waals surface area contributed by atoms with Gasteiger partial charge in [-0.2, -0.15) is 4.98 Å². The fourth-order valence-corrected chi connectivity index (χ4v) is 2.93. The summed E-state index contributed by atoms with van der Waals surface area (Å²) in [5, 5.41) is 4.13. The average Bonchev–Trinajstić information content (AvgIpc) is 2.94. The summed E-state index contributed by atoms with van der Waals surface area (Å²) in [5.41, 5.74) is 6.14. The Kier molecular flexibility index (Phi) is 3.49. The molecule has 1 aromatic heterocycles. The second-order valence-electron chi connectivity index (χ2n) is 6.25. The van der Waals surface area contributed by atoms with Crippen LogP contribution in [-0.2, 0) is 5.54 Å². The molecule has 1 heterocycles. The predicted molar refractivity (Wildman–Crippen MR) is 71.1 cm³/mol. The van der Waals surface area contributed by atoms with Crippen molar-refractivity contribution in [2.24, 2.45) is 11.1 Å². The highest BCUT2D eigenvalue weighted by Gasteiger charge is 2.40. The lowest BCUT2D eigenvalue weighted by atomic mass is 9.82. The minimum Gasteiger partial charge on any atom is -0.339 e. The van der Waals surface area contributed by atoms with E-state index in [9.17, 15) is 0 Å². The number of nitrogens with zero attached hydrogens (tertiary/aromatic N) is 2. The van der Waals surface area contributed by atoms with Gasteiger partial charge in [0, 0.05) is 5.92 Å². The third-order valence-electron chi connectivity index (χ3n) is 4.70. The SMILES string of the molecule is CCC(N)(CC)c1noc(C2CCCC2(C)C)n1. The topological polar surface area (TPSA) is 64.9 Å². The van der Waals surface area contributed by atoms with E-state index in [2.05, 4.69) is 37.8 Å². The lowest BCUT2D eigenvalue weighted by Gasteiger charge is -2.24. The second-order valence-corrected chi connectivity index (χ2v) is 6.25. The van der Waals surface area contributed by atoms with Crippen molar-refractivity contribution in [3.8, 4) is 0 Å². The molecular weight excluding hydrogens is 226 g/mol. The van der Waals surface area contributed by atoms with E-state index in [1.165, 1.54) is 12.8 Å². The molecule has 0 saturated heterocycles. The van der Waals surface area contributed by atoms with Gasteiger partial charge in [-0.15, -0.1) is 0 Å². The first-order valence-electron chi connectivity index (χ1n) is 7.06. The molecule has 1 fully saturated rings. The Labute approximate surface area is 109 Å². The summed E-state index contributed by atoms with van der Waals surface area (Å²) in [4.78, 5) is 4.60. The van der Waals surface area contributed by atoms with Crippen molar-refractivity contribution >= 4 is 0 Å². The molecule has 102 valence electrons. The van der Waals surface area contributed by atoms with Crippen LogP contribution in [0.25, 0.3) is 0 Å². The van der Waals surface area contributed by atoms with Gasteiger partial charge in [-0.1, -0.05) is 39.3 Å². The fourth-order valence-electron chi connectivity index (χ4n) is 2.93. The Morgan fingerprint density at radius 2 is 2.06 bits per heavy atom. The van der Waals surface area contributed by atoms with Gasteiger partial charge in [-0.3, -0.25) is 0 Å². The van der Waals surface area contributed by atoms with Gasteiger partial charge in [-0.05, 0) is 31.1 Å². The van der Waals surface area contributed by atoms with E-state index in [1.54, 1.807) is 0 Å². The third-order valence-corrected chi connectivity index (χ3v) is 4.70. The molecule has 1 aromatic rings. The Morgan fingerprint density at radius 3 is 2.56 bits per heavy atom. The van der Waals surface area contributed by atoms with Crippen LogP contribution in [0.1, 0.15) is 77.4 Å². The zero-order valence-corrected chi connectivity index (χ0v) is 12.0. The number of rotatable bonds is 4. The first-order chi connectivity index (χ1) is 8.43. The van der Waals surface area contributed by atoms with E-state index in [1.807, 2.05) is 0 Å². The van der Waals surface area contributed by atoms with Crippen molar-refractivity contribution < 1.29 is 4.52 Å². The molecule has 0 spiro atoms. The van der Waals surface area contributed by atoms with Gasteiger partial charge in [-0.25, -0.2) is 0 Å². The van der Waals surface area contributed by atoms with Crippen LogP contribution in [0, 0.1) is 5.41 Å². The molecule has 1 aliphatic rings. The lowest BCUT2D eigenvalue weighted by Crippen LogP contribution is -2.36. The highest BCUT2D eigenvalue weighted by molar-refractivity contribution is 5.08. The molecule has 2 N–H and O–H groups in total. The van der Waals surface area contributed by atoms with Crippen molar-refractivity contribution in [3.63, 3.8) is 0 Å². The van der Waals surface area contributed by atoms with Gasteiger partial charge in [0.05, 0.1) is 5.54 Å². The number of aromatic nitrogens is 2. The van der Waals surface area contributed by atoms with Crippen molar-refractivity contribution in [2.45, 2.75) is 71.3 Å². The van der Waals surface area contributed by atoms with Crippen LogP contribution in [0.4, 0.5) is 0 Å². The molecule has 1 atom stereocenters. The van der Waals surface area contributed by atoms with Crippen LogP contribution >= 0.6 is 0 Å². The van der Waals surface area contributed by atoms with E-state index >= 15 is 0 Å². The maximum absolute atomic E-state index is 6.31. The van der Waals surface area contributed by atoms with Crippen LogP contribution in [-0.4, -0.2) is 10.1 Å². The molecule has 0 aliphatic heterocycles. The van der Waals surface area contributed by atoms with Gasteiger partial charge >= 0.3 is 0 Å². The first kappa shape index (κ1) is 13.5. The summed E-state index contributed by atoms with van der Waals surface area (Å²) in [6.07, 6.45) is 5.27. The normalized spacial score (nSPS) is 23.5. The van der Waals surface area contributed by atoms with Gasteiger partial charge in [0.25, 0.3) is 0 Å². The Morgan fingerprint density at radius 1 is 1.39 bits per heavy atom. The number of hydrogen-bond donors (Lipinski definition) is 1. The van der Waals surface area contributed by atoms with E-state index < -0.39 is 5.54 Å². The summed E-state index contributed by atoms with van der Waals surface area (Å²) in [5.74, 6) is 1.84. The Balaban J connectivity index is 2.26. The van der Waals surface area contributed by atoms with Crippen molar-refractivity contribution in [1.82, 2.24) is 10.1 Å². The molecule has 4 heteroatoms. The molecule has 2 rings (SSSR count). The highest BCUT2D eigenvalue weighted by atomic mass is 16.5. The van der Waals surface area contributed by atoms with Crippen LogP contribution in [0.3, 0.4) is 0 Å². The van der Waals surface area contributed by atoms with Crippen LogP contribution in [0.5, 0.6) is 0 Å². The van der Waals surface area contributed by atoms with E-state index in [0.717, 1.165) is 25.2 Å². The zero-order valence-electron chi connectivity index (χ0n) is 12.0. The Hall–Kier alpha value is -0.900. The zero-order chi connectivity index (χ0) is 13.4. The molecule has 0 radical (unpaired) electrons. The fraction of sp³-hybridized carbons (Fsp3) is 0.857. The third kappa shape index (κ3) is 2.18. The summed E-state index contributed by atoms with van der Waals surface area (Å²) in [6, 6.07) is 0. The minimum atomic E-state index is -0.440. The summed E-state index contributed by atoms with van der Waals surface area (Å²) in [7, 11) is 0. The largest absolute Gasteiger partial charge is 0.339 e. The number of hydrogen-bond acceptors (Lipinski definition) is 4. The maximum Gasteiger partial charge on any atom is 0.230 e. The summed E-state index contributed by atoms with van der Waals surface area (Å²) < 4.78 is 5.49. The van der Waals surface area contributed by atoms with Gasteiger partial charge in [0.15, 0.2) is 5.82 Å². The lowest BCUT2D eigenvalue weighted by molar-refractivity contribution is 0.258. The van der Waals surface area contributed by atoms with E-state index in [0.29, 0.717) is 11.7 Å². The van der Waals surface area contributed by atoms with Crippen LogP contribution < -0.4 is 5.73 Å². The molecule has 1 aliphatic carbocycles. The quantitative estimate of drug-likeness (QED) is 0.891.